The van der Waals surface area contributed by atoms with Gasteiger partial charge in [0.1, 0.15) is 5.75 Å². The highest BCUT2D eigenvalue weighted by Gasteiger charge is 2.18. The number of carbonyl (C=O) groups is 1. The second kappa shape index (κ2) is 6.15. The van der Waals surface area contributed by atoms with Crippen molar-refractivity contribution in [2.75, 3.05) is 6.54 Å². The van der Waals surface area contributed by atoms with E-state index in [2.05, 4.69) is 17.4 Å². The summed E-state index contributed by atoms with van der Waals surface area (Å²) in [4.78, 5) is 13.0. The van der Waals surface area contributed by atoms with Gasteiger partial charge in [0.05, 0.1) is 0 Å². The van der Waals surface area contributed by atoms with Crippen molar-refractivity contribution >= 4 is 11.7 Å². The van der Waals surface area contributed by atoms with Crippen LogP contribution in [0.25, 0.3) is 5.70 Å². The van der Waals surface area contributed by atoms with Crippen LogP contribution in [0.3, 0.4) is 0 Å². The van der Waals surface area contributed by atoms with E-state index in [4.69, 9.17) is 11.2 Å². The molecule has 2 rings (SSSR count). The summed E-state index contributed by atoms with van der Waals surface area (Å²) in [6, 6.07) is 7.37. The molecule has 0 radical (unpaired) electrons. The van der Waals surface area contributed by atoms with Crippen LogP contribution in [0, 0.1) is 12.3 Å². The lowest BCUT2D eigenvalue weighted by atomic mass is 10.0. The van der Waals surface area contributed by atoms with Crippen molar-refractivity contribution in [1.82, 2.24) is 4.90 Å². The number of likely N-dealkylation sites (N-methyl/N-ethyl adjacent to an activating group) is 1. The van der Waals surface area contributed by atoms with E-state index in [1.54, 1.807) is 12.1 Å². The molecule has 0 saturated heterocycles. The Morgan fingerprint density at radius 2 is 2.00 bits per heavy atom. The topological polar surface area (TPSA) is 29.5 Å². The van der Waals surface area contributed by atoms with Gasteiger partial charge in [-0.1, -0.05) is 12.5 Å². The largest absolute Gasteiger partial charge is 0.427 e. The molecular weight excluding hydrogens is 262 g/mol. The third-order valence-electron chi connectivity index (χ3n) is 3.22. The number of allylic oxidation sites excluding steroid dienone is 3. The lowest BCUT2D eigenvalue weighted by molar-refractivity contribution is -0.131. The van der Waals surface area contributed by atoms with Crippen LogP contribution in [-0.4, -0.2) is 17.4 Å². The van der Waals surface area contributed by atoms with Gasteiger partial charge in [0.15, 0.2) is 0 Å². The van der Waals surface area contributed by atoms with Crippen molar-refractivity contribution < 1.29 is 9.53 Å². The first-order chi connectivity index (χ1) is 10.1. The summed E-state index contributed by atoms with van der Waals surface area (Å²) in [7, 11) is 0. The maximum atomic E-state index is 10.9. The van der Waals surface area contributed by atoms with Crippen molar-refractivity contribution in [3.8, 4) is 18.1 Å². The Bertz CT molecular complexity index is 672. The lowest BCUT2D eigenvalue weighted by Crippen LogP contribution is -2.23. The summed E-state index contributed by atoms with van der Waals surface area (Å²) >= 11 is 0. The molecular formula is C18H17NO2. The highest BCUT2D eigenvalue weighted by atomic mass is 16.5. The number of ether oxygens (including phenoxy) is 1. The number of hydrogen-bond donors (Lipinski definition) is 0. The first kappa shape index (κ1) is 14.7. The molecule has 0 atom stereocenters. The third kappa shape index (κ3) is 3.06. The van der Waals surface area contributed by atoms with Crippen LogP contribution in [0.5, 0.6) is 5.75 Å². The Balaban J connectivity index is 2.34. The summed E-state index contributed by atoms with van der Waals surface area (Å²) in [5.41, 5.74) is 3.65. The van der Waals surface area contributed by atoms with Gasteiger partial charge in [0.25, 0.3) is 0 Å². The molecule has 0 saturated carbocycles. The molecule has 0 amide bonds. The smallest absolute Gasteiger partial charge is 0.308 e. The predicted molar refractivity (Wildman–Crippen MR) is 84.2 cm³/mol. The minimum Gasteiger partial charge on any atom is -0.427 e. The number of carbonyl (C=O) groups excluding carboxylic acids is 1. The highest BCUT2D eigenvalue weighted by molar-refractivity contribution is 5.73. The van der Waals surface area contributed by atoms with Gasteiger partial charge in [0.2, 0.25) is 0 Å². The number of esters is 1. The number of terminal acetylenes is 1. The molecule has 3 nitrogen and oxygen atoms in total. The molecule has 1 aliphatic rings. The Morgan fingerprint density at radius 1 is 1.33 bits per heavy atom. The fraction of sp³-hybridized carbons (Fsp3) is 0.167. The van der Waals surface area contributed by atoms with E-state index in [0.717, 1.165) is 29.1 Å². The second-order valence-corrected chi connectivity index (χ2v) is 4.59. The first-order valence-electron chi connectivity index (χ1n) is 6.71. The van der Waals surface area contributed by atoms with Crippen molar-refractivity contribution in [2.24, 2.45) is 0 Å². The molecule has 0 aromatic heterocycles. The minimum atomic E-state index is -0.329. The first-order valence-corrected chi connectivity index (χ1v) is 6.71. The van der Waals surface area contributed by atoms with Crippen LogP contribution in [0.1, 0.15) is 19.4 Å². The average Bonchev–Trinajstić information content (AvgIpc) is 2.47. The zero-order chi connectivity index (χ0) is 15.4. The molecule has 1 heterocycles. The van der Waals surface area contributed by atoms with Crippen molar-refractivity contribution in [2.45, 2.75) is 13.8 Å². The normalized spacial score (nSPS) is 14.1. The molecule has 0 spiro atoms. The molecule has 21 heavy (non-hydrogen) atoms. The van der Waals surface area contributed by atoms with Crippen LogP contribution in [0.15, 0.2) is 54.3 Å². The molecule has 1 aliphatic heterocycles. The molecule has 106 valence electrons. The van der Waals surface area contributed by atoms with Gasteiger partial charge in [-0.3, -0.25) is 4.79 Å². The zero-order valence-corrected chi connectivity index (χ0v) is 12.2. The summed E-state index contributed by atoms with van der Waals surface area (Å²) in [6.45, 7) is 8.26. The lowest BCUT2D eigenvalue weighted by Gasteiger charge is -2.30. The number of nitrogens with zero attached hydrogens (tertiary/aromatic N) is 1. The van der Waals surface area contributed by atoms with Gasteiger partial charge < -0.3 is 9.64 Å². The molecule has 0 fully saturated rings. The Hall–Kier alpha value is -2.73. The quantitative estimate of drug-likeness (QED) is 0.483. The fourth-order valence-corrected chi connectivity index (χ4v) is 2.24. The van der Waals surface area contributed by atoms with Crippen LogP contribution >= 0.6 is 0 Å². The summed E-state index contributed by atoms with van der Waals surface area (Å²) in [5.74, 6) is 2.84. The van der Waals surface area contributed by atoms with E-state index in [-0.39, 0.29) is 5.97 Å². The molecule has 0 unspecified atom stereocenters. The molecule has 3 heteroatoms. The Morgan fingerprint density at radius 3 is 2.52 bits per heavy atom. The van der Waals surface area contributed by atoms with Gasteiger partial charge in [-0.15, -0.1) is 6.42 Å². The second-order valence-electron chi connectivity index (χ2n) is 4.59. The van der Waals surface area contributed by atoms with Crippen LogP contribution in [0.2, 0.25) is 0 Å². The van der Waals surface area contributed by atoms with Gasteiger partial charge in [-0.05, 0) is 48.9 Å². The standard InChI is InChI=1S/C18H17NO2/c1-5-15-9-12-18(19(6-2)13(15)3)16-7-10-17(11-8-16)21-14(4)20/h1,7-12H,3,6H2,2,4H3. The van der Waals surface area contributed by atoms with Crippen molar-refractivity contribution in [1.29, 1.82) is 0 Å². The summed E-state index contributed by atoms with van der Waals surface area (Å²) < 4.78 is 5.04. The maximum Gasteiger partial charge on any atom is 0.308 e. The van der Waals surface area contributed by atoms with E-state index in [1.807, 2.05) is 31.2 Å². The number of rotatable bonds is 3. The molecule has 0 aliphatic carbocycles. The number of hydrogen-bond acceptors (Lipinski definition) is 3. The summed E-state index contributed by atoms with van der Waals surface area (Å²) in [6.07, 6.45) is 9.35. The fourth-order valence-electron chi connectivity index (χ4n) is 2.24. The molecule has 1 aromatic carbocycles. The van der Waals surface area contributed by atoms with Crippen LogP contribution in [0.4, 0.5) is 0 Å². The zero-order valence-electron chi connectivity index (χ0n) is 12.2. The van der Waals surface area contributed by atoms with Gasteiger partial charge in [-0.25, -0.2) is 0 Å². The van der Waals surface area contributed by atoms with E-state index < -0.39 is 0 Å². The van der Waals surface area contributed by atoms with E-state index in [0.29, 0.717) is 5.75 Å². The van der Waals surface area contributed by atoms with Crippen LogP contribution < -0.4 is 4.74 Å². The molecule has 1 aromatic rings. The number of benzene rings is 1. The third-order valence-corrected chi connectivity index (χ3v) is 3.22. The molecule has 0 N–H and O–H groups in total. The van der Waals surface area contributed by atoms with Gasteiger partial charge in [0, 0.05) is 30.4 Å². The molecule has 0 bridgehead atoms. The minimum absolute atomic E-state index is 0.329. The van der Waals surface area contributed by atoms with Gasteiger partial charge in [-0.2, -0.15) is 0 Å². The van der Waals surface area contributed by atoms with Crippen molar-refractivity contribution in [3.63, 3.8) is 0 Å². The Kier molecular flexibility index (Phi) is 4.30. The van der Waals surface area contributed by atoms with E-state index in [1.165, 1.54) is 6.92 Å². The predicted octanol–water partition coefficient (Wildman–Crippen LogP) is 3.36. The Labute approximate surface area is 125 Å². The summed E-state index contributed by atoms with van der Waals surface area (Å²) in [5, 5.41) is 0. The SMILES string of the molecule is C#CC1=CC=C(c2ccc(OC(C)=O)cc2)N(CC)C1=C. The van der Waals surface area contributed by atoms with Crippen molar-refractivity contribution in [3.05, 3.63) is 59.8 Å². The van der Waals surface area contributed by atoms with Crippen LogP contribution in [-0.2, 0) is 4.79 Å². The highest BCUT2D eigenvalue weighted by Crippen LogP contribution is 2.30. The van der Waals surface area contributed by atoms with Gasteiger partial charge >= 0.3 is 5.97 Å². The van der Waals surface area contributed by atoms with E-state index in [9.17, 15) is 4.79 Å². The maximum absolute atomic E-state index is 10.9. The average molecular weight is 279 g/mol. The monoisotopic (exact) mass is 279 g/mol. The van der Waals surface area contributed by atoms with E-state index >= 15 is 0 Å².